The Morgan fingerprint density at radius 3 is 2.70 bits per heavy atom. The second kappa shape index (κ2) is 7.99. The molecule has 3 unspecified atom stereocenters. The topological polar surface area (TPSA) is 41.6 Å². The molecule has 1 saturated carbocycles. The predicted molar refractivity (Wildman–Crippen MR) is 82.8 cm³/mol. The molecule has 20 heavy (non-hydrogen) atoms. The van der Waals surface area contributed by atoms with Crippen LogP contribution < -0.4 is 5.32 Å². The summed E-state index contributed by atoms with van der Waals surface area (Å²) in [5, 5.41) is 3.27. The maximum atomic E-state index is 12.2. The van der Waals surface area contributed by atoms with E-state index in [0.29, 0.717) is 12.0 Å². The van der Waals surface area contributed by atoms with Crippen molar-refractivity contribution >= 4 is 5.97 Å². The number of carbonyl (C=O) groups is 1. The largest absolute Gasteiger partial charge is 0.468 e. The van der Waals surface area contributed by atoms with Crippen LogP contribution in [-0.2, 0) is 9.53 Å². The van der Waals surface area contributed by atoms with Gasteiger partial charge in [-0.2, -0.15) is 0 Å². The fourth-order valence-corrected chi connectivity index (χ4v) is 3.62. The minimum atomic E-state index is -0.455. The normalized spacial score (nSPS) is 27.8. The van der Waals surface area contributed by atoms with E-state index in [1.54, 1.807) is 0 Å². The molecule has 4 nitrogen and oxygen atoms in total. The predicted octanol–water partition coefficient (Wildman–Crippen LogP) is 2.43. The molecular weight excluding hydrogens is 252 g/mol. The van der Waals surface area contributed by atoms with Crippen LogP contribution in [0.5, 0.6) is 0 Å². The van der Waals surface area contributed by atoms with Crippen LogP contribution in [0.1, 0.15) is 52.9 Å². The van der Waals surface area contributed by atoms with E-state index in [1.165, 1.54) is 13.5 Å². The molecule has 0 saturated heterocycles. The summed E-state index contributed by atoms with van der Waals surface area (Å²) < 4.78 is 5.05. The third-order valence-corrected chi connectivity index (χ3v) is 5.20. The summed E-state index contributed by atoms with van der Waals surface area (Å²) in [6.07, 6.45) is 5.36. The molecule has 0 spiro atoms. The smallest absolute Gasteiger partial charge is 0.326 e. The van der Waals surface area contributed by atoms with Crippen LogP contribution in [0.15, 0.2) is 0 Å². The van der Waals surface area contributed by atoms with E-state index in [1.807, 2.05) is 7.05 Å². The summed E-state index contributed by atoms with van der Waals surface area (Å²) in [4.78, 5) is 14.7. The monoisotopic (exact) mass is 284 g/mol. The molecule has 1 fully saturated rings. The minimum absolute atomic E-state index is 0.0888. The number of nitrogens with zero attached hydrogens (tertiary/aromatic N) is 1. The Morgan fingerprint density at radius 2 is 2.20 bits per heavy atom. The number of esters is 1. The molecule has 0 radical (unpaired) electrons. The number of ether oxygens (including phenoxy) is 1. The highest BCUT2D eigenvalue weighted by Gasteiger charge is 2.48. The lowest BCUT2D eigenvalue weighted by atomic mass is 9.84. The van der Waals surface area contributed by atoms with Gasteiger partial charge in [-0.3, -0.25) is 4.79 Å². The summed E-state index contributed by atoms with van der Waals surface area (Å²) in [6.45, 7) is 8.87. The molecule has 1 aliphatic rings. The van der Waals surface area contributed by atoms with Crippen molar-refractivity contribution in [1.82, 2.24) is 10.2 Å². The van der Waals surface area contributed by atoms with Crippen LogP contribution in [0.4, 0.5) is 0 Å². The maximum Gasteiger partial charge on any atom is 0.326 e. The van der Waals surface area contributed by atoms with E-state index < -0.39 is 5.54 Å². The van der Waals surface area contributed by atoms with Gasteiger partial charge in [0.05, 0.1) is 7.11 Å². The van der Waals surface area contributed by atoms with E-state index in [4.69, 9.17) is 4.74 Å². The van der Waals surface area contributed by atoms with E-state index in [2.05, 4.69) is 31.0 Å². The molecule has 0 aliphatic heterocycles. The Labute approximate surface area is 124 Å². The van der Waals surface area contributed by atoms with Gasteiger partial charge in [0.15, 0.2) is 0 Å². The van der Waals surface area contributed by atoms with Crippen LogP contribution in [-0.4, -0.2) is 49.7 Å². The Hall–Kier alpha value is -0.610. The third kappa shape index (κ3) is 3.53. The van der Waals surface area contributed by atoms with Gasteiger partial charge in [-0.15, -0.1) is 0 Å². The number of likely N-dealkylation sites (N-methyl/N-ethyl adjacent to an activating group) is 1. The molecule has 0 bridgehead atoms. The third-order valence-electron chi connectivity index (χ3n) is 5.20. The summed E-state index contributed by atoms with van der Waals surface area (Å²) in [7, 11) is 3.38. The van der Waals surface area contributed by atoms with Gasteiger partial charge in [0.2, 0.25) is 0 Å². The van der Waals surface area contributed by atoms with Crippen molar-refractivity contribution in [1.29, 1.82) is 0 Å². The van der Waals surface area contributed by atoms with E-state index >= 15 is 0 Å². The zero-order valence-corrected chi connectivity index (χ0v) is 13.9. The summed E-state index contributed by atoms with van der Waals surface area (Å²) in [5.74, 6) is 0.298. The van der Waals surface area contributed by atoms with Gasteiger partial charge in [-0.1, -0.05) is 20.3 Å². The highest BCUT2D eigenvalue weighted by Crippen LogP contribution is 2.38. The van der Waals surface area contributed by atoms with Crippen LogP contribution in [0.2, 0.25) is 0 Å². The molecule has 1 N–H and O–H groups in total. The van der Waals surface area contributed by atoms with Crippen molar-refractivity contribution in [2.24, 2.45) is 5.92 Å². The molecule has 118 valence electrons. The SMILES string of the molecule is CCC(C)N(CC)CCC1CCCC1(NC)C(=O)OC. The van der Waals surface area contributed by atoms with Crippen LogP contribution >= 0.6 is 0 Å². The van der Waals surface area contributed by atoms with Gasteiger partial charge in [-0.25, -0.2) is 0 Å². The van der Waals surface area contributed by atoms with E-state index in [0.717, 1.165) is 38.8 Å². The Balaban J connectivity index is 2.67. The Bertz CT molecular complexity index is 309. The van der Waals surface area contributed by atoms with Crippen LogP contribution in [0, 0.1) is 5.92 Å². The lowest BCUT2D eigenvalue weighted by Crippen LogP contribution is -2.54. The standard InChI is InChI=1S/C16H32N2O2/c1-6-13(3)18(7-2)12-10-14-9-8-11-16(14,17-4)15(19)20-5/h13-14,17H,6-12H2,1-5H3. The number of methoxy groups -OCH3 is 1. The first-order valence-corrected chi connectivity index (χ1v) is 8.07. The molecule has 0 heterocycles. The van der Waals surface area contributed by atoms with Gasteiger partial charge in [-0.05, 0) is 58.7 Å². The minimum Gasteiger partial charge on any atom is -0.468 e. The van der Waals surface area contributed by atoms with Crippen LogP contribution in [0.25, 0.3) is 0 Å². The zero-order valence-electron chi connectivity index (χ0n) is 13.9. The quantitative estimate of drug-likeness (QED) is 0.695. The van der Waals surface area contributed by atoms with Crippen molar-refractivity contribution in [2.75, 3.05) is 27.2 Å². The van der Waals surface area contributed by atoms with Crippen molar-refractivity contribution in [3.05, 3.63) is 0 Å². The van der Waals surface area contributed by atoms with E-state index in [-0.39, 0.29) is 5.97 Å². The van der Waals surface area contributed by atoms with Crippen molar-refractivity contribution in [3.8, 4) is 0 Å². The fraction of sp³-hybridized carbons (Fsp3) is 0.938. The number of nitrogens with one attached hydrogen (secondary N) is 1. The molecule has 4 heteroatoms. The van der Waals surface area contributed by atoms with Crippen molar-refractivity contribution in [2.45, 2.75) is 64.5 Å². The molecule has 0 aromatic carbocycles. The molecule has 0 aromatic heterocycles. The second-order valence-electron chi connectivity index (χ2n) is 5.98. The molecule has 0 amide bonds. The van der Waals surface area contributed by atoms with Gasteiger partial charge in [0.1, 0.15) is 5.54 Å². The van der Waals surface area contributed by atoms with Gasteiger partial charge >= 0.3 is 5.97 Å². The maximum absolute atomic E-state index is 12.2. The average Bonchev–Trinajstić information content (AvgIpc) is 2.90. The molecule has 0 aromatic rings. The molecule has 1 aliphatic carbocycles. The number of rotatable bonds is 8. The summed E-state index contributed by atoms with van der Waals surface area (Å²) in [5.41, 5.74) is -0.455. The molecule has 1 rings (SSSR count). The highest BCUT2D eigenvalue weighted by molar-refractivity contribution is 5.81. The first-order chi connectivity index (χ1) is 9.55. The first-order valence-electron chi connectivity index (χ1n) is 8.07. The molecule has 3 atom stereocenters. The Morgan fingerprint density at radius 1 is 1.50 bits per heavy atom. The zero-order chi connectivity index (χ0) is 15.2. The highest BCUT2D eigenvalue weighted by atomic mass is 16.5. The van der Waals surface area contributed by atoms with Gasteiger partial charge in [0, 0.05) is 6.04 Å². The second-order valence-corrected chi connectivity index (χ2v) is 5.98. The lowest BCUT2D eigenvalue weighted by Gasteiger charge is -2.35. The number of carbonyl (C=O) groups excluding carboxylic acids is 1. The van der Waals surface area contributed by atoms with Crippen LogP contribution in [0.3, 0.4) is 0 Å². The number of hydrogen-bond acceptors (Lipinski definition) is 4. The molecular formula is C16H32N2O2. The van der Waals surface area contributed by atoms with E-state index in [9.17, 15) is 4.79 Å². The van der Waals surface area contributed by atoms with Gasteiger partial charge in [0.25, 0.3) is 0 Å². The van der Waals surface area contributed by atoms with Crippen molar-refractivity contribution in [3.63, 3.8) is 0 Å². The summed E-state index contributed by atoms with van der Waals surface area (Å²) >= 11 is 0. The first kappa shape index (κ1) is 17.4. The van der Waals surface area contributed by atoms with Crippen molar-refractivity contribution < 1.29 is 9.53 Å². The Kier molecular flexibility index (Phi) is 6.96. The average molecular weight is 284 g/mol. The number of hydrogen-bond donors (Lipinski definition) is 1. The lowest BCUT2D eigenvalue weighted by molar-refractivity contribution is -0.150. The van der Waals surface area contributed by atoms with Gasteiger partial charge < -0.3 is 15.0 Å². The summed E-state index contributed by atoms with van der Waals surface area (Å²) in [6, 6.07) is 0.614. The fourth-order valence-electron chi connectivity index (χ4n) is 3.62.